The number of anilines is 1. The summed E-state index contributed by atoms with van der Waals surface area (Å²) in [6.07, 6.45) is 5.71. The molecule has 5 heteroatoms. The lowest BCUT2D eigenvalue weighted by Gasteiger charge is -2.08. The Bertz CT molecular complexity index is 252. The number of aromatic nitrogens is 2. The molecule has 72 valence electrons. The van der Waals surface area contributed by atoms with E-state index in [2.05, 4.69) is 51.1 Å². The molecule has 1 N–H and O–H groups in total. The molecule has 1 heterocycles. The van der Waals surface area contributed by atoms with E-state index in [0.717, 1.165) is 10.1 Å². The topological polar surface area (TPSA) is 37.8 Å². The van der Waals surface area contributed by atoms with Crippen LogP contribution in [0.15, 0.2) is 12.4 Å². The zero-order valence-corrected chi connectivity index (χ0v) is 10.6. The first-order valence-corrected chi connectivity index (χ1v) is 6.33. The van der Waals surface area contributed by atoms with Gasteiger partial charge in [-0.3, -0.25) is 0 Å². The molecule has 0 aliphatic heterocycles. The van der Waals surface area contributed by atoms with Crippen molar-refractivity contribution in [1.82, 2.24) is 9.97 Å². The molecule has 1 unspecified atom stereocenters. The number of nitrogens with zero attached hydrogens (tertiary/aromatic N) is 2. The Labute approximate surface area is 96.3 Å². The van der Waals surface area contributed by atoms with Crippen LogP contribution < -0.4 is 5.32 Å². The molecule has 13 heavy (non-hydrogen) atoms. The highest BCUT2D eigenvalue weighted by Crippen LogP contribution is 2.06. The Balaban J connectivity index is 2.41. The lowest BCUT2D eigenvalue weighted by Crippen LogP contribution is -2.14. The van der Waals surface area contributed by atoms with Crippen LogP contribution in [-0.4, -0.2) is 28.0 Å². The molecule has 0 bridgehead atoms. The van der Waals surface area contributed by atoms with Gasteiger partial charge in [0.25, 0.3) is 0 Å². The van der Waals surface area contributed by atoms with Crippen molar-refractivity contribution >= 4 is 40.3 Å². The smallest absolute Gasteiger partial charge is 0.222 e. The van der Waals surface area contributed by atoms with Crippen molar-refractivity contribution in [2.45, 2.75) is 12.2 Å². The van der Waals surface area contributed by atoms with Gasteiger partial charge in [0, 0.05) is 27.8 Å². The predicted octanol–water partition coefficient (Wildman–Crippen LogP) is 2.24. The maximum absolute atomic E-state index is 4.15. The number of nitrogens with one attached hydrogen (secondary N) is 1. The summed E-state index contributed by atoms with van der Waals surface area (Å²) in [5.74, 6) is 0.710. The van der Waals surface area contributed by atoms with E-state index in [-0.39, 0.29) is 0 Å². The van der Waals surface area contributed by atoms with Gasteiger partial charge in [-0.2, -0.15) is 11.8 Å². The third-order valence-electron chi connectivity index (χ3n) is 1.57. The quantitative estimate of drug-likeness (QED) is 0.866. The van der Waals surface area contributed by atoms with Crippen molar-refractivity contribution in [2.75, 3.05) is 18.1 Å². The first-order valence-electron chi connectivity index (χ1n) is 3.96. The summed E-state index contributed by atoms with van der Waals surface area (Å²) < 4.78 is 1.06. The summed E-state index contributed by atoms with van der Waals surface area (Å²) in [4.78, 5) is 8.29. The van der Waals surface area contributed by atoms with E-state index in [9.17, 15) is 0 Å². The van der Waals surface area contributed by atoms with E-state index in [1.807, 2.05) is 11.8 Å². The zero-order valence-electron chi connectivity index (χ0n) is 7.62. The minimum absolute atomic E-state index is 0.586. The van der Waals surface area contributed by atoms with Crippen LogP contribution >= 0.6 is 34.4 Å². The Hall–Kier alpha value is -0.0400. The summed E-state index contributed by atoms with van der Waals surface area (Å²) in [6, 6.07) is 0. The number of rotatable bonds is 4. The van der Waals surface area contributed by atoms with Gasteiger partial charge < -0.3 is 5.32 Å². The first kappa shape index (κ1) is 11.0. The third-order valence-corrected chi connectivity index (χ3v) is 3.10. The highest BCUT2D eigenvalue weighted by molar-refractivity contribution is 14.1. The lowest BCUT2D eigenvalue weighted by molar-refractivity contribution is 0.970. The van der Waals surface area contributed by atoms with Crippen molar-refractivity contribution in [3.63, 3.8) is 0 Å². The summed E-state index contributed by atoms with van der Waals surface area (Å²) in [5, 5.41) is 3.76. The summed E-state index contributed by atoms with van der Waals surface area (Å²) in [6.45, 7) is 3.08. The monoisotopic (exact) mass is 309 g/mol. The summed E-state index contributed by atoms with van der Waals surface area (Å²) in [7, 11) is 0. The van der Waals surface area contributed by atoms with Crippen molar-refractivity contribution < 1.29 is 0 Å². The van der Waals surface area contributed by atoms with Crippen LogP contribution in [0.5, 0.6) is 0 Å². The molecule has 0 fully saturated rings. The standard InChI is InChI=1S/C8H12IN3S/c1-6(13-2)3-10-8-11-4-7(9)5-12-8/h4-6H,3H2,1-2H3,(H,10,11,12). The molecule has 0 amide bonds. The normalized spacial score (nSPS) is 12.5. The van der Waals surface area contributed by atoms with E-state index in [0.29, 0.717) is 11.2 Å². The second-order valence-electron chi connectivity index (χ2n) is 2.65. The van der Waals surface area contributed by atoms with Crippen LogP contribution in [-0.2, 0) is 0 Å². The summed E-state index contributed by atoms with van der Waals surface area (Å²) >= 11 is 4.02. The third kappa shape index (κ3) is 4.12. The zero-order chi connectivity index (χ0) is 9.68. The molecule has 3 nitrogen and oxygen atoms in total. The van der Waals surface area contributed by atoms with Crippen LogP contribution in [0, 0.1) is 3.57 Å². The van der Waals surface area contributed by atoms with Gasteiger partial charge in [-0.25, -0.2) is 9.97 Å². The number of hydrogen-bond acceptors (Lipinski definition) is 4. The summed E-state index contributed by atoms with van der Waals surface area (Å²) in [5.41, 5.74) is 0. The molecule has 0 spiro atoms. The predicted molar refractivity (Wildman–Crippen MR) is 66.2 cm³/mol. The Kier molecular flexibility index (Phi) is 4.79. The lowest BCUT2D eigenvalue weighted by atomic mass is 10.5. The largest absolute Gasteiger partial charge is 0.353 e. The fourth-order valence-corrected chi connectivity index (χ4v) is 1.25. The van der Waals surface area contributed by atoms with E-state index in [4.69, 9.17) is 0 Å². The fourth-order valence-electron chi connectivity index (χ4n) is 0.722. The molecule has 0 saturated carbocycles. The highest BCUT2D eigenvalue weighted by Gasteiger charge is 1.99. The minimum atomic E-state index is 0.586. The Morgan fingerprint density at radius 2 is 2.15 bits per heavy atom. The van der Waals surface area contributed by atoms with Crippen LogP contribution in [0.4, 0.5) is 5.95 Å². The van der Waals surface area contributed by atoms with Crippen LogP contribution in [0.1, 0.15) is 6.92 Å². The fraction of sp³-hybridized carbons (Fsp3) is 0.500. The maximum atomic E-state index is 4.15. The average Bonchev–Trinajstić information content (AvgIpc) is 2.16. The second kappa shape index (κ2) is 5.64. The van der Waals surface area contributed by atoms with Crippen LogP contribution in [0.25, 0.3) is 0 Å². The minimum Gasteiger partial charge on any atom is -0.353 e. The first-order chi connectivity index (χ1) is 6.22. The molecule has 0 aliphatic carbocycles. The average molecular weight is 309 g/mol. The molecule has 0 aliphatic rings. The van der Waals surface area contributed by atoms with Gasteiger partial charge in [-0.05, 0) is 28.8 Å². The van der Waals surface area contributed by atoms with Gasteiger partial charge >= 0.3 is 0 Å². The van der Waals surface area contributed by atoms with Gasteiger partial charge in [0.1, 0.15) is 0 Å². The van der Waals surface area contributed by atoms with E-state index >= 15 is 0 Å². The maximum Gasteiger partial charge on any atom is 0.222 e. The van der Waals surface area contributed by atoms with Crippen LogP contribution in [0.3, 0.4) is 0 Å². The molecular weight excluding hydrogens is 297 g/mol. The molecule has 1 atom stereocenters. The number of halogens is 1. The second-order valence-corrected chi connectivity index (χ2v) is 5.17. The van der Waals surface area contributed by atoms with Gasteiger partial charge in [0.05, 0.1) is 0 Å². The van der Waals surface area contributed by atoms with Crippen molar-refractivity contribution in [1.29, 1.82) is 0 Å². The molecule has 1 rings (SSSR count). The van der Waals surface area contributed by atoms with Gasteiger partial charge in [0.15, 0.2) is 0 Å². The van der Waals surface area contributed by atoms with Gasteiger partial charge in [-0.15, -0.1) is 0 Å². The van der Waals surface area contributed by atoms with Crippen molar-refractivity contribution in [3.8, 4) is 0 Å². The van der Waals surface area contributed by atoms with Crippen LogP contribution in [0.2, 0.25) is 0 Å². The number of hydrogen-bond donors (Lipinski definition) is 1. The Morgan fingerprint density at radius 3 is 2.69 bits per heavy atom. The molecule has 1 aromatic rings. The van der Waals surface area contributed by atoms with Crippen molar-refractivity contribution in [2.24, 2.45) is 0 Å². The Morgan fingerprint density at radius 1 is 1.54 bits per heavy atom. The SMILES string of the molecule is CSC(C)CNc1ncc(I)cn1. The van der Waals surface area contributed by atoms with Gasteiger partial charge in [-0.1, -0.05) is 6.92 Å². The van der Waals surface area contributed by atoms with E-state index in [1.165, 1.54) is 0 Å². The van der Waals surface area contributed by atoms with Gasteiger partial charge in [0.2, 0.25) is 5.95 Å². The number of thioether (sulfide) groups is 1. The molecular formula is C8H12IN3S. The van der Waals surface area contributed by atoms with E-state index in [1.54, 1.807) is 12.4 Å². The highest BCUT2D eigenvalue weighted by atomic mass is 127. The molecule has 1 aromatic heterocycles. The molecule has 0 saturated heterocycles. The molecule has 0 aromatic carbocycles. The van der Waals surface area contributed by atoms with E-state index < -0.39 is 0 Å². The molecule has 0 radical (unpaired) electrons. The van der Waals surface area contributed by atoms with Crippen molar-refractivity contribution in [3.05, 3.63) is 16.0 Å².